The van der Waals surface area contributed by atoms with Crippen LogP contribution in [-0.2, 0) is 26.2 Å². The Kier molecular flexibility index (Phi) is 8.20. The van der Waals surface area contributed by atoms with E-state index in [1.165, 1.54) is 18.2 Å². The summed E-state index contributed by atoms with van der Waals surface area (Å²) in [5, 5.41) is 0. The van der Waals surface area contributed by atoms with E-state index in [1.807, 2.05) is 0 Å². The molecule has 0 heterocycles. The lowest BCUT2D eigenvalue weighted by Gasteiger charge is -2.17. The molecule has 222 valence electrons. The molecule has 0 spiro atoms. The number of rotatable bonds is 8. The van der Waals surface area contributed by atoms with E-state index in [-0.39, 0.29) is 11.4 Å². The number of anilines is 2. The van der Waals surface area contributed by atoms with Gasteiger partial charge in [-0.3, -0.25) is 9.44 Å². The fourth-order valence-corrected chi connectivity index (χ4v) is 6.05. The fraction of sp³-hybridized carbons (Fsp3) is 0.111. The molecular formula is C27H20F6N2O5S2. The maximum Gasteiger partial charge on any atom is 0.573 e. The van der Waals surface area contributed by atoms with Crippen molar-refractivity contribution in [3.63, 3.8) is 0 Å². The van der Waals surface area contributed by atoms with Gasteiger partial charge in [-0.25, -0.2) is 16.8 Å². The predicted molar refractivity (Wildman–Crippen MR) is 143 cm³/mol. The molecule has 0 radical (unpaired) electrons. The summed E-state index contributed by atoms with van der Waals surface area (Å²) >= 11 is 0. The van der Waals surface area contributed by atoms with Crippen molar-refractivity contribution in [2.45, 2.75) is 29.3 Å². The van der Waals surface area contributed by atoms with Crippen LogP contribution in [0.2, 0.25) is 0 Å². The lowest BCUT2D eigenvalue weighted by atomic mass is 10.00. The molecule has 0 unspecified atom stereocenters. The molecule has 4 aromatic rings. The Morgan fingerprint density at radius 2 is 1.26 bits per heavy atom. The summed E-state index contributed by atoms with van der Waals surface area (Å²) in [4.78, 5) is -1.21. The van der Waals surface area contributed by atoms with Crippen LogP contribution in [-0.4, -0.2) is 23.2 Å². The number of aryl methyl sites for hydroxylation is 1. The van der Waals surface area contributed by atoms with Crippen LogP contribution in [0.15, 0.2) is 101 Å². The lowest BCUT2D eigenvalue weighted by Crippen LogP contribution is -2.19. The second-order valence-corrected chi connectivity index (χ2v) is 12.2. The summed E-state index contributed by atoms with van der Waals surface area (Å²) in [6.07, 6.45) is -9.82. The molecule has 0 bridgehead atoms. The second-order valence-electron chi connectivity index (χ2n) is 8.83. The summed E-state index contributed by atoms with van der Waals surface area (Å²) in [7, 11) is -9.18. The topological polar surface area (TPSA) is 102 Å². The van der Waals surface area contributed by atoms with E-state index >= 15 is 0 Å². The highest BCUT2D eigenvalue weighted by molar-refractivity contribution is 7.93. The average molecular weight is 631 g/mol. The highest BCUT2D eigenvalue weighted by Gasteiger charge is 2.32. The van der Waals surface area contributed by atoms with E-state index in [2.05, 4.69) is 14.2 Å². The van der Waals surface area contributed by atoms with E-state index < -0.39 is 53.7 Å². The maximum absolute atomic E-state index is 13.2. The molecular weight excluding hydrogens is 610 g/mol. The van der Waals surface area contributed by atoms with Gasteiger partial charge >= 0.3 is 12.5 Å². The van der Waals surface area contributed by atoms with Crippen molar-refractivity contribution in [1.82, 2.24) is 0 Å². The molecule has 0 fully saturated rings. The third-order valence-electron chi connectivity index (χ3n) is 5.80. The first-order valence-corrected chi connectivity index (χ1v) is 14.7. The van der Waals surface area contributed by atoms with E-state index in [9.17, 15) is 43.2 Å². The molecule has 0 aromatic heterocycles. The van der Waals surface area contributed by atoms with E-state index in [0.717, 1.165) is 42.0 Å². The monoisotopic (exact) mass is 630 g/mol. The van der Waals surface area contributed by atoms with Crippen molar-refractivity contribution in [2.75, 3.05) is 9.44 Å². The zero-order chi connectivity index (χ0) is 30.9. The minimum Gasteiger partial charge on any atom is -0.406 e. The van der Waals surface area contributed by atoms with Crippen LogP contribution >= 0.6 is 0 Å². The van der Waals surface area contributed by atoms with Gasteiger partial charge in [-0.1, -0.05) is 36.4 Å². The Morgan fingerprint density at radius 3 is 1.88 bits per heavy atom. The van der Waals surface area contributed by atoms with Crippen molar-refractivity contribution >= 4 is 31.4 Å². The van der Waals surface area contributed by atoms with Gasteiger partial charge in [-0.15, -0.1) is 13.2 Å². The van der Waals surface area contributed by atoms with Crippen LogP contribution in [0.4, 0.5) is 37.7 Å². The molecule has 0 aliphatic heterocycles. The summed E-state index contributed by atoms with van der Waals surface area (Å²) in [5.74, 6) is -0.668. The van der Waals surface area contributed by atoms with Crippen molar-refractivity contribution in [3.8, 4) is 16.9 Å². The molecule has 0 aliphatic carbocycles. The van der Waals surface area contributed by atoms with Crippen molar-refractivity contribution in [2.24, 2.45) is 0 Å². The van der Waals surface area contributed by atoms with Gasteiger partial charge in [0.2, 0.25) is 0 Å². The third kappa shape index (κ3) is 7.33. The van der Waals surface area contributed by atoms with E-state index in [4.69, 9.17) is 0 Å². The largest absolute Gasteiger partial charge is 0.573 e. The van der Waals surface area contributed by atoms with Crippen LogP contribution < -0.4 is 14.2 Å². The van der Waals surface area contributed by atoms with Crippen LogP contribution in [0.1, 0.15) is 11.1 Å². The van der Waals surface area contributed by atoms with Crippen LogP contribution in [0.25, 0.3) is 11.1 Å². The van der Waals surface area contributed by atoms with Crippen molar-refractivity contribution in [3.05, 3.63) is 102 Å². The second kappa shape index (κ2) is 11.2. The molecule has 42 heavy (non-hydrogen) atoms. The molecule has 0 atom stereocenters. The van der Waals surface area contributed by atoms with E-state index in [0.29, 0.717) is 23.3 Å². The zero-order valence-electron chi connectivity index (χ0n) is 21.3. The third-order valence-corrected chi connectivity index (χ3v) is 8.55. The molecule has 2 N–H and O–H groups in total. The smallest absolute Gasteiger partial charge is 0.406 e. The van der Waals surface area contributed by atoms with Gasteiger partial charge < -0.3 is 4.74 Å². The minimum atomic E-state index is -5.00. The Bertz CT molecular complexity index is 1820. The van der Waals surface area contributed by atoms with E-state index in [1.54, 1.807) is 31.2 Å². The SMILES string of the molecule is Cc1ccccc1-c1ccc(NS(=O)(=O)c2ccc(OC(F)(F)F)cc2)c(NS(=O)(=O)c2cccc(C(F)(F)F)c2)c1. The summed E-state index contributed by atoms with van der Waals surface area (Å²) < 4.78 is 138. The van der Waals surface area contributed by atoms with Gasteiger partial charge in [0.15, 0.2) is 0 Å². The van der Waals surface area contributed by atoms with Gasteiger partial charge in [-0.05, 0) is 78.2 Å². The molecule has 0 amide bonds. The first-order valence-electron chi connectivity index (χ1n) is 11.7. The summed E-state index contributed by atoms with van der Waals surface area (Å²) in [5.41, 5.74) is 0.0574. The Hall–Kier alpha value is -4.24. The quantitative estimate of drug-likeness (QED) is 0.201. The Labute approximate surface area is 236 Å². The summed E-state index contributed by atoms with van der Waals surface area (Å²) in [6, 6.07) is 17.3. The van der Waals surface area contributed by atoms with Gasteiger partial charge in [0.25, 0.3) is 20.0 Å². The standard InChI is InChI=1S/C27H20F6N2O5S2/c1-17-5-2-3-8-23(17)18-9-14-24(34-41(36,37)21-12-10-20(11-13-21)40-27(31,32)33)25(15-18)35-42(38,39)22-7-4-6-19(16-22)26(28,29)30/h2-16,34-35H,1H3. The first-order chi connectivity index (χ1) is 19.4. The fourth-order valence-electron chi connectivity index (χ4n) is 3.85. The van der Waals surface area contributed by atoms with Crippen molar-refractivity contribution < 1.29 is 47.9 Å². The van der Waals surface area contributed by atoms with Gasteiger partial charge in [-0.2, -0.15) is 13.2 Å². The highest BCUT2D eigenvalue weighted by Crippen LogP contribution is 2.35. The van der Waals surface area contributed by atoms with Gasteiger partial charge in [0.05, 0.1) is 26.7 Å². The number of ether oxygens (including phenoxy) is 1. The highest BCUT2D eigenvalue weighted by atomic mass is 32.2. The number of nitrogens with one attached hydrogen (secondary N) is 2. The number of hydrogen-bond acceptors (Lipinski definition) is 5. The predicted octanol–water partition coefficient (Wildman–Crippen LogP) is 7.18. The molecule has 0 saturated heterocycles. The molecule has 4 rings (SSSR count). The maximum atomic E-state index is 13.2. The number of hydrogen-bond donors (Lipinski definition) is 2. The Morgan fingerprint density at radius 1 is 0.643 bits per heavy atom. The normalized spacial score (nSPS) is 12.5. The zero-order valence-corrected chi connectivity index (χ0v) is 22.9. The molecule has 15 heteroatoms. The summed E-state index contributed by atoms with van der Waals surface area (Å²) in [6.45, 7) is 1.78. The first kappa shape index (κ1) is 30.7. The molecule has 0 aliphatic rings. The number of sulfonamides is 2. The number of alkyl halides is 6. The number of benzene rings is 4. The molecule has 0 saturated carbocycles. The van der Waals surface area contributed by atoms with Crippen LogP contribution in [0, 0.1) is 6.92 Å². The number of halogens is 6. The lowest BCUT2D eigenvalue weighted by molar-refractivity contribution is -0.274. The van der Waals surface area contributed by atoms with Crippen LogP contribution in [0.5, 0.6) is 5.75 Å². The Balaban J connectivity index is 1.75. The minimum absolute atomic E-state index is 0.307. The molecule has 4 aromatic carbocycles. The van der Waals surface area contributed by atoms with Crippen molar-refractivity contribution in [1.29, 1.82) is 0 Å². The molecule has 7 nitrogen and oxygen atoms in total. The average Bonchev–Trinajstić information content (AvgIpc) is 2.89. The van der Waals surface area contributed by atoms with Gasteiger partial charge in [0.1, 0.15) is 5.75 Å². The van der Waals surface area contributed by atoms with Crippen LogP contribution in [0.3, 0.4) is 0 Å². The van der Waals surface area contributed by atoms with Gasteiger partial charge in [0, 0.05) is 0 Å².